The van der Waals surface area contributed by atoms with Gasteiger partial charge in [-0.1, -0.05) is 41.9 Å². The summed E-state index contributed by atoms with van der Waals surface area (Å²) in [6.45, 7) is 0. The van der Waals surface area contributed by atoms with Crippen LogP contribution in [0.2, 0.25) is 5.02 Å². The highest BCUT2D eigenvalue weighted by atomic mass is 35.5. The van der Waals surface area contributed by atoms with Crippen molar-refractivity contribution in [2.45, 2.75) is 0 Å². The van der Waals surface area contributed by atoms with E-state index >= 15 is 0 Å². The summed E-state index contributed by atoms with van der Waals surface area (Å²) in [5, 5.41) is 3.41. The number of hydrogen-bond donors (Lipinski definition) is 1. The van der Waals surface area contributed by atoms with E-state index in [2.05, 4.69) is 10.3 Å². The summed E-state index contributed by atoms with van der Waals surface area (Å²) < 4.78 is 0. The van der Waals surface area contributed by atoms with Crippen LogP contribution in [0.4, 0.5) is 0 Å². The number of carbonyl (C=O) groups is 1. The van der Waals surface area contributed by atoms with Crippen molar-refractivity contribution in [3.05, 3.63) is 76.4 Å². The second kappa shape index (κ2) is 5.31. The van der Waals surface area contributed by atoms with Crippen LogP contribution in [0.25, 0.3) is 6.08 Å². The molecule has 0 saturated heterocycles. The van der Waals surface area contributed by atoms with Gasteiger partial charge in [0.15, 0.2) is 0 Å². The number of amides is 1. The summed E-state index contributed by atoms with van der Waals surface area (Å²) in [7, 11) is 0. The van der Waals surface area contributed by atoms with Crippen LogP contribution in [0.1, 0.15) is 11.1 Å². The maximum atomic E-state index is 11.9. The molecule has 3 rings (SSSR count). The summed E-state index contributed by atoms with van der Waals surface area (Å²) in [6.07, 6.45) is 1.76. The van der Waals surface area contributed by atoms with Gasteiger partial charge in [-0.15, -0.1) is 0 Å². The fraction of sp³-hybridized carbons (Fsp3) is 0. The number of aliphatic imine (C=N–C) groups is 1. The Balaban J connectivity index is 1.93. The van der Waals surface area contributed by atoms with Gasteiger partial charge in [0.1, 0.15) is 11.5 Å². The molecule has 1 heterocycles. The van der Waals surface area contributed by atoms with Crippen molar-refractivity contribution >= 4 is 29.4 Å². The van der Waals surface area contributed by atoms with E-state index in [4.69, 9.17) is 11.6 Å². The third-order valence-corrected chi connectivity index (χ3v) is 3.17. The second-order valence-corrected chi connectivity index (χ2v) is 4.80. The van der Waals surface area contributed by atoms with E-state index in [1.165, 1.54) is 0 Å². The molecule has 1 N–H and O–H groups in total. The molecule has 0 aliphatic carbocycles. The Labute approximate surface area is 121 Å². The molecule has 1 amide bonds. The van der Waals surface area contributed by atoms with Gasteiger partial charge in [0, 0.05) is 10.6 Å². The first-order valence-corrected chi connectivity index (χ1v) is 6.53. The van der Waals surface area contributed by atoms with Gasteiger partial charge in [-0.3, -0.25) is 4.79 Å². The highest BCUT2D eigenvalue weighted by molar-refractivity contribution is 6.30. The van der Waals surface area contributed by atoms with Gasteiger partial charge < -0.3 is 5.32 Å². The molecule has 98 valence electrons. The average molecular weight is 283 g/mol. The normalized spacial score (nSPS) is 16.1. The Kier molecular flexibility index (Phi) is 3.35. The van der Waals surface area contributed by atoms with Crippen LogP contribution >= 0.6 is 11.6 Å². The average Bonchev–Trinajstić information content (AvgIpc) is 2.82. The first-order chi connectivity index (χ1) is 9.72. The van der Waals surface area contributed by atoms with Crippen LogP contribution < -0.4 is 5.32 Å². The molecule has 0 saturated carbocycles. The van der Waals surface area contributed by atoms with E-state index in [-0.39, 0.29) is 5.91 Å². The number of nitrogens with one attached hydrogen (secondary N) is 1. The van der Waals surface area contributed by atoms with Crippen LogP contribution in [0.3, 0.4) is 0 Å². The number of rotatable bonds is 2. The Morgan fingerprint density at radius 2 is 1.70 bits per heavy atom. The van der Waals surface area contributed by atoms with E-state index in [1.807, 2.05) is 42.5 Å². The van der Waals surface area contributed by atoms with E-state index in [0.717, 1.165) is 11.1 Å². The molecule has 2 aromatic rings. The fourth-order valence-corrected chi connectivity index (χ4v) is 2.05. The lowest BCUT2D eigenvalue weighted by atomic mass is 10.2. The van der Waals surface area contributed by atoms with E-state index in [0.29, 0.717) is 16.6 Å². The van der Waals surface area contributed by atoms with Gasteiger partial charge in [0.05, 0.1) is 0 Å². The second-order valence-electron chi connectivity index (χ2n) is 4.36. The Hall–Kier alpha value is -2.39. The number of amidine groups is 1. The van der Waals surface area contributed by atoms with E-state index in [1.54, 1.807) is 18.2 Å². The minimum Gasteiger partial charge on any atom is -0.305 e. The summed E-state index contributed by atoms with van der Waals surface area (Å²) in [5.41, 5.74) is 2.18. The van der Waals surface area contributed by atoms with Crippen molar-refractivity contribution in [2.75, 3.05) is 0 Å². The lowest BCUT2D eigenvalue weighted by molar-refractivity contribution is -0.115. The van der Waals surface area contributed by atoms with Gasteiger partial charge in [-0.2, -0.15) is 0 Å². The van der Waals surface area contributed by atoms with Crippen molar-refractivity contribution in [3.63, 3.8) is 0 Å². The molecule has 1 aliphatic heterocycles. The Morgan fingerprint density at radius 3 is 2.40 bits per heavy atom. The highest BCUT2D eigenvalue weighted by Gasteiger charge is 2.20. The summed E-state index contributed by atoms with van der Waals surface area (Å²) in [6, 6.07) is 16.8. The van der Waals surface area contributed by atoms with Crippen LogP contribution in [-0.2, 0) is 4.79 Å². The molecular formula is C16H11ClN2O. The van der Waals surface area contributed by atoms with E-state index in [9.17, 15) is 4.79 Å². The number of halogens is 1. The lowest BCUT2D eigenvalue weighted by Crippen LogP contribution is -2.24. The lowest BCUT2D eigenvalue weighted by Gasteiger charge is -1.99. The zero-order valence-corrected chi connectivity index (χ0v) is 11.3. The molecule has 0 unspecified atom stereocenters. The number of nitrogens with zero attached hydrogens (tertiary/aromatic N) is 1. The van der Waals surface area contributed by atoms with Crippen molar-refractivity contribution < 1.29 is 4.79 Å². The van der Waals surface area contributed by atoms with Gasteiger partial charge >= 0.3 is 0 Å². The van der Waals surface area contributed by atoms with Gasteiger partial charge in [-0.25, -0.2) is 4.99 Å². The number of carbonyl (C=O) groups excluding carboxylic acids is 1. The molecule has 0 bridgehead atoms. The molecule has 4 heteroatoms. The predicted molar refractivity (Wildman–Crippen MR) is 80.6 cm³/mol. The number of hydrogen-bond acceptors (Lipinski definition) is 2. The maximum absolute atomic E-state index is 11.9. The summed E-state index contributed by atoms with van der Waals surface area (Å²) in [4.78, 5) is 16.2. The van der Waals surface area contributed by atoms with Crippen molar-refractivity contribution in [2.24, 2.45) is 4.99 Å². The molecule has 0 fully saturated rings. The van der Waals surface area contributed by atoms with Gasteiger partial charge in [0.2, 0.25) is 0 Å². The topological polar surface area (TPSA) is 41.5 Å². The molecule has 0 radical (unpaired) electrons. The largest absolute Gasteiger partial charge is 0.305 e. The third-order valence-electron chi connectivity index (χ3n) is 2.92. The minimum absolute atomic E-state index is 0.196. The Bertz CT molecular complexity index is 703. The SMILES string of the molecule is O=C1NC(c2ccc(Cl)cc2)=N/C1=C/c1ccccc1. The third kappa shape index (κ3) is 2.63. The van der Waals surface area contributed by atoms with Crippen molar-refractivity contribution in [1.29, 1.82) is 0 Å². The molecule has 0 aromatic heterocycles. The maximum Gasteiger partial charge on any atom is 0.275 e. The molecule has 20 heavy (non-hydrogen) atoms. The zero-order chi connectivity index (χ0) is 13.9. The minimum atomic E-state index is -0.196. The first kappa shape index (κ1) is 12.6. The molecular weight excluding hydrogens is 272 g/mol. The summed E-state index contributed by atoms with van der Waals surface area (Å²) >= 11 is 5.84. The quantitative estimate of drug-likeness (QED) is 0.844. The Morgan fingerprint density at radius 1 is 1.00 bits per heavy atom. The van der Waals surface area contributed by atoms with Crippen LogP contribution in [0.15, 0.2) is 65.3 Å². The molecule has 2 aromatic carbocycles. The van der Waals surface area contributed by atoms with Crippen LogP contribution in [0, 0.1) is 0 Å². The van der Waals surface area contributed by atoms with Crippen LogP contribution in [-0.4, -0.2) is 11.7 Å². The molecule has 1 aliphatic rings. The summed E-state index contributed by atoms with van der Waals surface area (Å²) in [5.74, 6) is 0.354. The van der Waals surface area contributed by atoms with Gasteiger partial charge in [0.25, 0.3) is 5.91 Å². The molecule has 0 atom stereocenters. The van der Waals surface area contributed by atoms with Crippen molar-refractivity contribution in [1.82, 2.24) is 5.32 Å². The molecule has 0 spiro atoms. The zero-order valence-electron chi connectivity index (χ0n) is 10.5. The van der Waals surface area contributed by atoms with Crippen molar-refractivity contribution in [3.8, 4) is 0 Å². The molecule has 3 nitrogen and oxygen atoms in total. The monoisotopic (exact) mass is 282 g/mol. The first-order valence-electron chi connectivity index (χ1n) is 6.15. The standard InChI is InChI=1S/C16H11ClN2O/c17-13-8-6-12(7-9-13)15-18-14(16(20)19-15)10-11-4-2-1-3-5-11/h1-10H,(H,18,19,20)/b14-10+. The predicted octanol–water partition coefficient (Wildman–Crippen LogP) is 3.26. The fourth-order valence-electron chi connectivity index (χ4n) is 1.92. The smallest absolute Gasteiger partial charge is 0.275 e. The van der Waals surface area contributed by atoms with E-state index < -0.39 is 0 Å². The van der Waals surface area contributed by atoms with Gasteiger partial charge in [-0.05, 0) is 35.9 Å². The highest BCUT2D eigenvalue weighted by Crippen LogP contribution is 2.16. The number of benzene rings is 2. The van der Waals surface area contributed by atoms with Crippen LogP contribution in [0.5, 0.6) is 0 Å².